The van der Waals surface area contributed by atoms with Gasteiger partial charge in [0, 0.05) is 75.1 Å². The third-order valence-corrected chi connectivity index (χ3v) is 9.99. The zero-order valence-electron chi connectivity index (χ0n) is 26.5. The van der Waals surface area contributed by atoms with Crippen LogP contribution in [0.15, 0.2) is 24.9 Å². The maximum absolute atomic E-state index is 12.3. The summed E-state index contributed by atoms with van der Waals surface area (Å²) in [6.07, 6.45) is 8.88. The van der Waals surface area contributed by atoms with Crippen molar-refractivity contribution >= 4 is 34.2 Å². The van der Waals surface area contributed by atoms with E-state index in [0.717, 1.165) is 96.1 Å². The molecule has 43 heavy (non-hydrogen) atoms. The number of aryl methyl sites for hydroxylation is 1. The Bertz CT molecular complexity index is 1420. The highest BCUT2D eigenvalue weighted by molar-refractivity contribution is 6.36. The Balaban J connectivity index is 1.48. The van der Waals surface area contributed by atoms with Crippen LogP contribution in [0.5, 0.6) is 0 Å². The lowest BCUT2D eigenvalue weighted by Crippen LogP contribution is -2.53. The highest BCUT2D eigenvalue weighted by atomic mass is 35.5. The van der Waals surface area contributed by atoms with E-state index in [0.29, 0.717) is 25.1 Å². The number of nitrogens with one attached hydrogen (secondary N) is 1. The van der Waals surface area contributed by atoms with Gasteiger partial charge in [-0.2, -0.15) is 10.2 Å². The number of piperidine rings is 1. The molecule has 0 bridgehead atoms. The largest absolute Gasteiger partial charge is 0.379 e. The number of methoxy groups -OCH3 is 1. The molecule has 5 rings (SSSR count). The Kier molecular flexibility index (Phi) is 10.1. The number of hydrogen-bond acceptors (Lipinski definition) is 6. The van der Waals surface area contributed by atoms with Gasteiger partial charge in [0.25, 0.3) is 0 Å². The Labute approximate surface area is 261 Å². The van der Waals surface area contributed by atoms with Crippen LogP contribution in [0.3, 0.4) is 0 Å². The van der Waals surface area contributed by atoms with Crippen molar-refractivity contribution in [2.75, 3.05) is 57.8 Å². The number of hydrogen-bond donors (Lipinski definition) is 1. The number of carbonyl (C=O) groups excluding carboxylic acids is 1. The van der Waals surface area contributed by atoms with E-state index in [1.54, 1.807) is 0 Å². The molecule has 1 amide bonds. The molecule has 2 fully saturated rings. The number of aromatic amines is 1. The molecule has 3 aromatic rings. The lowest BCUT2D eigenvalue weighted by Gasteiger charge is -2.40. The Hall–Kier alpha value is -2.88. The van der Waals surface area contributed by atoms with Crippen molar-refractivity contribution in [1.29, 1.82) is 0 Å². The molecule has 1 N–H and O–H groups in total. The number of amides is 1. The van der Waals surface area contributed by atoms with E-state index in [1.807, 2.05) is 18.2 Å². The van der Waals surface area contributed by atoms with Gasteiger partial charge in [-0.1, -0.05) is 31.5 Å². The molecule has 2 saturated heterocycles. The zero-order chi connectivity index (χ0) is 30.7. The molecule has 2 aliphatic rings. The zero-order valence-corrected chi connectivity index (χ0v) is 27.3. The van der Waals surface area contributed by atoms with Gasteiger partial charge in [-0.05, 0) is 70.1 Å². The van der Waals surface area contributed by atoms with Gasteiger partial charge in [-0.25, -0.2) is 0 Å². The van der Waals surface area contributed by atoms with E-state index < -0.39 is 0 Å². The van der Waals surface area contributed by atoms with Gasteiger partial charge in [0.2, 0.25) is 5.91 Å². The Morgan fingerprint density at radius 3 is 2.63 bits per heavy atom. The molecule has 1 aromatic carbocycles. The second kappa shape index (κ2) is 13.8. The standard InChI is InChI=1S/C33H48ClN7O2/c1-7-10-24(19-38-20-26(21-38)43-6)11-14-39(9-3)33-30(31-27-18-35-36-28(27)17-22(4)32(31)34)23(5)41(37-33)25-12-15-40(16-13-25)29(42)8-2/h8,17-18,24-26H,2,7,9-16,19-21H2,1,3-6H3,(H,35,36). The van der Waals surface area contributed by atoms with Crippen LogP contribution in [0.25, 0.3) is 22.0 Å². The quantitative estimate of drug-likeness (QED) is 0.239. The molecule has 0 saturated carbocycles. The monoisotopic (exact) mass is 609 g/mol. The molecule has 0 radical (unpaired) electrons. The first-order valence-electron chi connectivity index (χ1n) is 15.9. The molecule has 234 valence electrons. The number of benzene rings is 1. The Morgan fingerprint density at radius 2 is 1.98 bits per heavy atom. The number of nitrogens with zero attached hydrogens (tertiary/aromatic N) is 6. The third kappa shape index (κ3) is 6.49. The lowest BCUT2D eigenvalue weighted by molar-refractivity contribution is -0.127. The van der Waals surface area contributed by atoms with E-state index >= 15 is 0 Å². The first-order valence-corrected chi connectivity index (χ1v) is 16.3. The first kappa shape index (κ1) is 31.5. The molecule has 2 aromatic heterocycles. The van der Waals surface area contributed by atoms with Gasteiger partial charge >= 0.3 is 0 Å². The van der Waals surface area contributed by atoms with Gasteiger partial charge in [-0.15, -0.1) is 0 Å². The van der Waals surface area contributed by atoms with Crippen molar-refractivity contribution in [2.24, 2.45) is 5.92 Å². The molecule has 4 heterocycles. The third-order valence-electron chi connectivity index (χ3n) is 9.50. The van der Waals surface area contributed by atoms with Crippen molar-refractivity contribution in [3.8, 4) is 11.1 Å². The van der Waals surface area contributed by atoms with E-state index in [4.69, 9.17) is 21.4 Å². The van der Waals surface area contributed by atoms with Crippen LogP contribution in [0, 0.1) is 19.8 Å². The minimum atomic E-state index is 0.000618. The second-order valence-corrected chi connectivity index (χ2v) is 12.7. The van der Waals surface area contributed by atoms with Crippen molar-refractivity contribution in [2.45, 2.75) is 71.9 Å². The van der Waals surface area contributed by atoms with Gasteiger partial charge < -0.3 is 14.5 Å². The van der Waals surface area contributed by atoms with E-state index in [2.05, 4.69) is 65.0 Å². The Morgan fingerprint density at radius 1 is 1.23 bits per heavy atom. The summed E-state index contributed by atoms with van der Waals surface area (Å²) >= 11 is 7.13. The van der Waals surface area contributed by atoms with Crippen molar-refractivity contribution in [3.63, 3.8) is 0 Å². The number of ether oxygens (including phenoxy) is 1. The normalized spacial score (nSPS) is 17.4. The average molecular weight is 610 g/mol. The smallest absolute Gasteiger partial charge is 0.245 e. The summed E-state index contributed by atoms with van der Waals surface area (Å²) in [7, 11) is 1.81. The molecule has 0 spiro atoms. The fourth-order valence-corrected chi connectivity index (χ4v) is 7.20. The predicted octanol–water partition coefficient (Wildman–Crippen LogP) is 6.01. The first-order chi connectivity index (χ1) is 20.8. The van der Waals surface area contributed by atoms with Gasteiger partial charge in [-0.3, -0.25) is 19.5 Å². The van der Waals surface area contributed by atoms with Gasteiger partial charge in [0.05, 0.1) is 28.9 Å². The highest BCUT2D eigenvalue weighted by Gasteiger charge is 2.32. The lowest BCUT2D eigenvalue weighted by atomic mass is 9.96. The number of carbonyl (C=O) groups is 1. The van der Waals surface area contributed by atoms with Crippen LogP contribution in [0.1, 0.15) is 63.3 Å². The number of fused-ring (bicyclic) bond motifs is 1. The molecule has 10 heteroatoms. The summed E-state index contributed by atoms with van der Waals surface area (Å²) in [6.45, 7) is 18.8. The van der Waals surface area contributed by atoms with Crippen LogP contribution in [-0.2, 0) is 9.53 Å². The molecule has 9 nitrogen and oxygen atoms in total. The summed E-state index contributed by atoms with van der Waals surface area (Å²) in [5, 5.41) is 14.7. The molecular weight excluding hydrogens is 562 g/mol. The van der Waals surface area contributed by atoms with Gasteiger partial charge in [0.1, 0.15) is 0 Å². The van der Waals surface area contributed by atoms with E-state index in [1.165, 1.54) is 18.9 Å². The van der Waals surface area contributed by atoms with Crippen LogP contribution in [0.2, 0.25) is 5.02 Å². The minimum Gasteiger partial charge on any atom is -0.379 e. The van der Waals surface area contributed by atoms with E-state index in [9.17, 15) is 4.79 Å². The topological polar surface area (TPSA) is 82.5 Å². The van der Waals surface area contributed by atoms with E-state index in [-0.39, 0.29) is 11.9 Å². The van der Waals surface area contributed by atoms with Crippen molar-refractivity contribution in [1.82, 2.24) is 29.8 Å². The number of anilines is 1. The van der Waals surface area contributed by atoms with Crippen LogP contribution in [0.4, 0.5) is 5.82 Å². The molecule has 2 aliphatic heterocycles. The number of H-pyrrole nitrogens is 1. The van der Waals surface area contributed by atoms with Crippen molar-refractivity contribution < 1.29 is 9.53 Å². The minimum absolute atomic E-state index is 0.000618. The maximum atomic E-state index is 12.3. The fourth-order valence-electron chi connectivity index (χ4n) is 6.95. The molecule has 1 atom stereocenters. The summed E-state index contributed by atoms with van der Waals surface area (Å²) in [5.41, 5.74) is 5.18. The molecule has 0 aliphatic carbocycles. The highest BCUT2D eigenvalue weighted by Crippen LogP contribution is 2.44. The van der Waals surface area contributed by atoms with Crippen LogP contribution >= 0.6 is 11.6 Å². The van der Waals surface area contributed by atoms with Crippen molar-refractivity contribution in [3.05, 3.63) is 41.2 Å². The summed E-state index contributed by atoms with van der Waals surface area (Å²) in [6, 6.07) is 2.27. The number of halogens is 1. The predicted molar refractivity (Wildman–Crippen MR) is 175 cm³/mol. The average Bonchev–Trinajstić information content (AvgIpc) is 3.59. The second-order valence-electron chi connectivity index (χ2n) is 12.3. The van der Waals surface area contributed by atoms with Crippen LogP contribution < -0.4 is 4.90 Å². The molecular formula is C33H48ClN7O2. The fraction of sp³-hybridized carbons (Fsp3) is 0.606. The summed E-state index contributed by atoms with van der Waals surface area (Å²) in [5.74, 6) is 1.61. The maximum Gasteiger partial charge on any atom is 0.245 e. The summed E-state index contributed by atoms with van der Waals surface area (Å²) in [4.78, 5) is 19.1. The molecule has 1 unspecified atom stereocenters. The number of likely N-dealkylation sites (tertiary alicyclic amines) is 2. The SMILES string of the molecule is C=CC(=O)N1CCC(n2nc(N(CC)CCC(CCC)CN3CC(OC)C3)c(-c3c(Cl)c(C)cc4[nH]ncc34)c2C)CC1. The number of rotatable bonds is 13. The summed E-state index contributed by atoms with van der Waals surface area (Å²) < 4.78 is 7.72. The van der Waals surface area contributed by atoms with Gasteiger partial charge in [0.15, 0.2) is 5.82 Å². The number of aromatic nitrogens is 4. The van der Waals surface area contributed by atoms with Crippen LogP contribution in [-0.4, -0.2) is 94.7 Å².